The van der Waals surface area contributed by atoms with E-state index in [9.17, 15) is 4.79 Å². The van der Waals surface area contributed by atoms with Gasteiger partial charge in [-0.15, -0.1) is 0 Å². The highest BCUT2D eigenvalue weighted by Gasteiger charge is 2.50. The van der Waals surface area contributed by atoms with Gasteiger partial charge in [0.1, 0.15) is 11.9 Å². The molecule has 1 saturated heterocycles. The number of nitrogens with zero attached hydrogens (tertiary/aromatic N) is 1. The van der Waals surface area contributed by atoms with Crippen molar-refractivity contribution in [3.05, 3.63) is 90.5 Å². The lowest BCUT2D eigenvalue weighted by Gasteiger charge is -2.43. The van der Waals surface area contributed by atoms with Gasteiger partial charge in [0.05, 0.1) is 13.7 Å². The number of cyclic esters (lactones) is 1. The molecule has 35 heavy (non-hydrogen) atoms. The highest BCUT2D eigenvalue weighted by atomic mass is 28.4. The minimum atomic E-state index is -2.59. The molecular weight excluding hydrogens is 454 g/mol. The van der Waals surface area contributed by atoms with Crippen molar-refractivity contribution in [3.8, 4) is 5.75 Å². The molecule has 1 aliphatic rings. The molecule has 3 aromatic rings. The van der Waals surface area contributed by atoms with E-state index in [2.05, 4.69) is 69.3 Å². The quantitative estimate of drug-likeness (QED) is 0.398. The van der Waals surface area contributed by atoms with Crippen molar-refractivity contribution in [3.63, 3.8) is 0 Å². The molecule has 0 N–H and O–H groups in total. The number of amides is 1. The molecule has 4 rings (SSSR count). The molecule has 1 amide bonds. The Morgan fingerprint density at radius 3 is 2.00 bits per heavy atom. The van der Waals surface area contributed by atoms with Crippen LogP contribution in [0, 0.1) is 0 Å². The molecule has 0 radical (unpaired) electrons. The number of ether oxygens (including phenoxy) is 2. The standard InChI is InChI=1S/C29H35NO4Si/c1-29(2,3)35(26-11-7-5-8-12-26,27-13-9-6-10-14-27)33-20-19-25-22-30(28(31)34-25)21-23-15-17-24(32-4)18-16-23/h5-18,25H,19-22H2,1-4H3/t25-/m1/s1. The van der Waals surface area contributed by atoms with E-state index in [0.717, 1.165) is 11.3 Å². The summed E-state index contributed by atoms with van der Waals surface area (Å²) in [4.78, 5) is 14.3. The van der Waals surface area contributed by atoms with E-state index in [4.69, 9.17) is 13.9 Å². The molecule has 5 nitrogen and oxygen atoms in total. The molecular formula is C29H35NO4Si. The van der Waals surface area contributed by atoms with Crippen molar-refractivity contribution < 1.29 is 18.7 Å². The van der Waals surface area contributed by atoms with E-state index in [0.29, 0.717) is 26.1 Å². The summed E-state index contributed by atoms with van der Waals surface area (Å²) in [5.41, 5.74) is 1.05. The van der Waals surface area contributed by atoms with Crippen LogP contribution < -0.4 is 15.1 Å². The molecule has 3 aromatic carbocycles. The van der Waals surface area contributed by atoms with Crippen molar-refractivity contribution in [1.29, 1.82) is 0 Å². The van der Waals surface area contributed by atoms with Crippen molar-refractivity contribution in [2.24, 2.45) is 0 Å². The zero-order chi connectivity index (χ0) is 24.9. The lowest BCUT2D eigenvalue weighted by atomic mass is 10.2. The molecule has 0 saturated carbocycles. The minimum Gasteiger partial charge on any atom is -0.497 e. The molecule has 0 aromatic heterocycles. The van der Waals surface area contributed by atoms with Crippen LogP contribution in [0.25, 0.3) is 0 Å². The summed E-state index contributed by atoms with van der Waals surface area (Å²) in [5.74, 6) is 0.802. The number of benzene rings is 3. The monoisotopic (exact) mass is 489 g/mol. The number of hydrogen-bond donors (Lipinski definition) is 0. The van der Waals surface area contributed by atoms with Gasteiger partial charge in [-0.1, -0.05) is 93.6 Å². The first kappa shape index (κ1) is 25.0. The van der Waals surface area contributed by atoms with Gasteiger partial charge >= 0.3 is 6.09 Å². The van der Waals surface area contributed by atoms with Crippen LogP contribution in [0.15, 0.2) is 84.9 Å². The summed E-state index contributed by atoms with van der Waals surface area (Å²) in [6.07, 6.45) is 0.213. The fourth-order valence-corrected chi connectivity index (χ4v) is 9.49. The topological polar surface area (TPSA) is 48.0 Å². The van der Waals surface area contributed by atoms with Gasteiger partial charge < -0.3 is 18.8 Å². The third kappa shape index (κ3) is 5.44. The van der Waals surface area contributed by atoms with Gasteiger partial charge in [0.15, 0.2) is 0 Å². The largest absolute Gasteiger partial charge is 0.497 e. The van der Waals surface area contributed by atoms with Crippen molar-refractivity contribution in [2.45, 2.75) is 44.9 Å². The molecule has 184 valence electrons. The molecule has 0 bridgehead atoms. The average molecular weight is 490 g/mol. The molecule has 0 aliphatic carbocycles. The molecule has 1 atom stereocenters. The first-order valence-corrected chi connectivity index (χ1v) is 14.1. The van der Waals surface area contributed by atoms with Gasteiger partial charge in [0.2, 0.25) is 0 Å². The second-order valence-corrected chi connectivity index (χ2v) is 14.3. The highest BCUT2D eigenvalue weighted by Crippen LogP contribution is 2.37. The number of rotatable bonds is 9. The molecule has 1 aliphatic heterocycles. The Morgan fingerprint density at radius 2 is 1.49 bits per heavy atom. The fraction of sp³-hybridized carbons (Fsp3) is 0.345. The summed E-state index contributed by atoms with van der Waals surface area (Å²) in [7, 11) is -0.946. The maximum absolute atomic E-state index is 12.5. The maximum atomic E-state index is 12.5. The first-order valence-electron chi connectivity index (χ1n) is 12.2. The Hall–Kier alpha value is -3.09. The van der Waals surface area contributed by atoms with Gasteiger partial charge in [-0.05, 0) is 33.1 Å². The van der Waals surface area contributed by atoms with E-state index >= 15 is 0 Å². The molecule has 0 unspecified atom stereocenters. The van der Waals surface area contributed by atoms with E-state index in [1.807, 2.05) is 36.4 Å². The zero-order valence-electron chi connectivity index (χ0n) is 21.1. The van der Waals surface area contributed by atoms with E-state index < -0.39 is 8.32 Å². The normalized spacial score (nSPS) is 16.3. The Bertz CT molecular complexity index is 1060. The highest BCUT2D eigenvalue weighted by molar-refractivity contribution is 6.99. The summed E-state index contributed by atoms with van der Waals surface area (Å²) < 4.78 is 17.9. The lowest BCUT2D eigenvalue weighted by Crippen LogP contribution is -2.66. The smallest absolute Gasteiger partial charge is 0.410 e. The third-order valence-electron chi connectivity index (χ3n) is 6.66. The summed E-state index contributed by atoms with van der Waals surface area (Å²) >= 11 is 0. The Balaban J connectivity index is 1.47. The maximum Gasteiger partial charge on any atom is 0.410 e. The first-order chi connectivity index (χ1) is 16.8. The molecule has 6 heteroatoms. The lowest BCUT2D eigenvalue weighted by molar-refractivity contribution is 0.118. The van der Waals surface area contributed by atoms with E-state index in [1.165, 1.54) is 10.4 Å². The second kappa shape index (κ2) is 10.7. The second-order valence-electron chi connectivity index (χ2n) is 10.0. The van der Waals surface area contributed by atoms with E-state index in [1.54, 1.807) is 12.0 Å². The SMILES string of the molecule is COc1ccc(CN2C[C@@H](CCO[Si](c3ccccc3)(c3ccccc3)C(C)(C)C)OC2=O)cc1. The van der Waals surface area contributed by atoms with Gasteiger partial charge in [-0.25, -0.2) is 4.79 Å². The van der Waals surface area contributed by atoms with Crippen LogP contribution in [-0.2, 0) is 15.7 Å². The predicted octanol–water partition coefficient (Wildman–Crippen LogP) is 4.98. The van der Waals surface area contributed by atoms with Crippen LogP contribution in [0.2, 0.25) is 5.04 Å². The summed E-state index contributed by atoms with van der Waals surface area (Å²) in [6, 6.07) is 29.0. The van der Waals surface area contributed by atoms with Crippen molar-refractivity contribution in [2.75, 3.05) is 20.3 Å². The van der Waals surface area contributed by atoms with Gasteiger partial charge in [-0.2, -0.15) is 0 Å². The van der Waals surface area contributed by atoms with Crippen molar-refractivity contribution in [1.82, 2.24) is 4.90 Å². The number of carbonyl (C=O) groups is 1. The summed E-state index contributed by atoms with van der Waals surface area (Å²) in [6.45, 7) is 8.42. The average Bonchev–Trinajstić information content (AvgIpc) is 3.21. The van der Waals surface area contributed by atoms with Gasteiger partial charge in [-0.3, -0.25) is 0 Å². The van der Waals surface area contributed by atoms with Crippen LogP contribution in [0.3, 0.4) is 0 Å². The third-order valence-corrected chi connectivity index (χ3v) is 11.7. The molecule has 1 heterocycles. The predicted molar refractivity (Wildman–Crippen MR) is 142 cm³/mol. The van der Waals surface area contributed by atoms with Crippen molar-refractivity contribution >= 4 is 24.8 Å². The van der Waals surface area contributed by atoms with Crippen LogP contribution in [0.1, 0.15) is 32.8 Å². The van der Waals surface area contributed by atoms with Gasteiger partial charge in [0.25, 0.3) is 8.32 Å². The number of hydrogen-bond acceptors (Lipinski definition) is 4. The summed E-state index contributed by atoms with van der Waals surface area (Å²) in [5, 5.41) is 2.43. The number of methoxy groups -OCH3 is 1. The van der Waals surface area contributed by atoms with Gasteiger partial charge in [0, 0.05) is 19.6 Å². The number of carbonyl (C=O) groups excluding carboxylic acids is 1. The Labute approximate surface area is 209 Å². The van der Waals surface area contributed by atoms with Crippen LogP contribution in [-0.4, -0.2) is 45.7 Å². The zero-order valence-corrected chi connectivity index (χ0v) is 22.1. The molecule has 0 spiro atoms. The van der Waals surface area contributed by atoms with Crippen LogP contribution in [0.5, 0.6) is 5.75 Å². The van der Waals surface area contributed by atoms with Crippen LogP contribution in [0.4, 0.5) is 4.79 Å². The van der Waals surface area contributed by atoms with Crippen LogP contribution >= 0.6 is 0 Å². The molecule has 1 fully saturated rings. The fourth-order valence-electron chi connectivity index (χ4n) is 4.91. The Kier molecular flexibility index (Phi) is 7.62. The Morgan fingerprint density at radius 1 is 0.914 bits per heavy atom. The van der Waals surface area contributed by atoms with E-state index in [-0.39, 0.29) is 17.2 Å². The minimum absolute atomic E-state index is 0.0809.